The van der Waals surface area contributed by atoms with E-state index in [9.17, 15) is 0 Å². The summed E-state index contributed by atoms with van der Waals surface area (Å²) < 4.78 is 0. The van der Waals surface area contributed by atoms with Crippen molar-refractivity contribution in [2.45, 2.75) is 0 Å². The van der Waals surface area contributed by atoms with Crippen molar-refractivity contribution < 1.29 is 103 Å². The first-order valence-corrected chi connectivity index (χ1v) is 2.79. The fourth-order valence-electron chi connectivity index (χ4n) is 0.356. The summed E-state index contributed by atoms with van der Waals surface area (Å²) in [6.07, 6.45) is 0. The SMILES string of the molecule is Clc1[c-]cc[c-]c1Cl.[K+].[K+]. The van der Waals surface area contributed by atoms with E-state index in [-0.39, 0.29) is 103 Å². The molecular formula is C6H2Cl2K2. The Morgan fingerprint density at radius 3 is 1.40 bits per heavy atom. The number of halogens is 2. The average Bonchev–Trinajstić information content (AvgIpc) is 1.77. The van der Waals surface area contributed by atoms with Crippen LogP contribution in [-0.4, -0.2) is 0 Å². The van der Waals surface area contributed by atoms with Crippen LogP contribution in [0.3, 0.4) is 0 Å². The fourth-order valence-corrected chi connectivity index (χ4v) is 0.591. The van der Waals surface area contributed by atoms with E-state index in [0.29, 0.717) is 10.0 Å². The normalized spacial score (nSPS) is 7.40. The molecule has 42 valence electrons. The third kappa shape index (κ3) is 5.67. The number of hydrogen-bond acceptors (Lipinski definition) is 0. The maximum absolute atomic E-state index is 5.49. The predicted octanol–water partition coefficient (Wildman–Crippen LogP) is -3.40. The summed E-state index contributed by atoms with van der Waals surface area (Å²) >= 11 is 11.0. The van der Waals surface area contributed by atoms with Gasteiger partial charge in [-0.15, -0.1) is 0 Å². The van der Waals surface area contributed by atoms with Crippen LogP contribution in [0.25, 0.3) is 0 Å². The molecule has 0 heterocycles. The topological polar surface area (TPSA) is 0 Å². The van der Waals surface area contributed by atoms with Crippen molar-refractivity contribution >= 4 is 23.2 Å². The van der Waals surface area contributed by atoms with Crippen LogP contribution in [0.5, 0.6) is 0 Å². The molecule has 0 N–H and O–H groups in total. The molecule has 0 aromatic heterocycles. The molecule has 10 heavy (non-hydrogen) atoms. The van der Waals surface area contributed by atoms with E-state index < -0.39 is 0 Å². The smallest absolute Gasteiger partial charge is 0.299 e. The summed E-state index contributed by atoms with van der Waals surface area (Å²) in [7, 11) is 0. The Balaban J connectivity index is 0. The van der Waals surface area contributed by atoms with Crippen LogP contribution < -0.4 is 103 Å². The first-order valence-electron chi connectivity index (χ1n) is 2.04. The van der Waals surface area contributed by atoms with Gasteiger partial charge in [0, 0.05) is 0 Å². The Bertz CT molecular complexity index is 170. The molecule has 0 saturated carbocycles. The van der Waals surface area contributed by atoms with Gasteiger partial charge in [0.15, 0.2) is 0 Å². The van der Waals surface area contributed by atoms with E-state index in [4.69, 9.17) is 23.2 Å². The quantitative estimate of drug-likeness (QED) is 0.318. The maximum Gasteiger partial charge on any atom is 1.00 e. The molecule has 0 aliphatic rings. The van der Waals surface area contributed by atoms with Gasteiger partial charge in [0.1, 0.15) is 0 Å². The van der Waals surface area contributed by atoms with E-state index >= 15 is 0 Å². The van der Waals surface area contributed by atoms with Crippen molar-refractivity contribution in [1.82, 2.24) is 0 Å². The molecule has 0 aliphatic carbocycles. The van der Waals surface area contributed by atoms with Crippen LogP contribution in [0.1, 0.15) is 0 Å². The van der Waals surface area contributed by atoms with Gasteiger partial charge in [-0.2, -0.15) is 33.2 Å². The molecule has 0 bridgehead atoms. The third-order valence-corrected chi connectivity index (χ3v) is 1.39. The van der Waals surface area contributed by atoms with Crippen LogP contribution >= 0.6 is 23.2 Å². The van der Waals surface area contributed by atoms with Gasteiger partial charge in [-0.1, -0.05) is 0 Å². The van der Waals surface area contributed by atoms with Gasteiger partial charge in [-0.3, -0.25) is 24.3 Å². The van der Waals surface area contributed by atoms with E-state index in [1.165, 1.54) is 0 Å². The summed E-state index contributed by atoms with van der Waals surface area (Å²) in [6.45, 7) is 0. The number of benzene rings is 1. The summed E-state index contributed by atoms with van der Waals surface area (Å²) in [5, 5.41) is 0.850. The molecule has 1 rings (SSSR count). The molecule has 0 saturated heterocycles. The van der Waals surface area contributed by atoms with Crippen molar-refractivity contribution in [2.24, 2.45) is 0 Å². The molecule has 0 atom stereocenters. The Morgan fingerprint density at radius 2 is 1.20 bits per heavy atom. The van der Waals surface area contributed by atoms with Gasteiger partial charge in [-0.05, 0) is 0 Å². The molecule has 0 unspecified atom stereocenters. The summed E-state index contributed by atoms with van der Waals surface area (Å²) in [5.74, 6) is 0. The molecule has 1 aromatic carbocycles. The standard InChI is InChI=1S/C6H2Cl2.2K/c7-5-3-1-2-4-6(5)8;;/h1-2H;;/q-2;2*+1. The van der Waals surface area contributed by atoms with Crippen LogP contribution in [0, 0.1) is 12.1 Å². The van der Waals surface area contributed by atoms with Gasteiger partial charge in [0.2, 0.25) is 0 Å². The molecule has 0 spiro atoms. The minimum atomic E-state index is 0. The molecule has 0 aliphatic heterocycles. The molecular weight excluding hydrogens is 221 g/mol. The first kappa shape index (κ1) is 15.5. The second-order valence-corrected chi connectivity index (χ2v) is 2.01. The van der Waals surface area contributed by atoms with Crippen LogP contribution in [0.4, 0.5) is 0 Å². The largest absolute Gasteiger partial charge is 1.00 e. The zero-order valence-corrected chi connectivity index (χ0v) is 13.7. The van der Waals surface area contributed by atoms with Crippen molar-refractivity contribution in [2.75, 3.05) is 0 Å². The van der Waals surface area contributed by atoms with E-state index in [0.717, 1.165) is 0 Å². The van der Waals surface area contributed by atoms with Gasteiger partial charge < -0.3 is 0 Å². The van der Waals surface area contributed by atoms with E-state index in [1.807, 2.05) is 0 Å². The fraction of sp³-hybridized carbons (Fsp3) is 0. The van der Waals surface area contributed by atoms with Crippen LogP contribution in [0.2, 0.25) is 10.0 Å². The van der Waals surface area contributed by atoms with Crippen LogP contribution in [-0.2, 0) is 0 Å². The van der Waals surface area contributed by atoms with E-state index in [2.05, 4.69) is 12.1 Å². The zero-order valence-electron chi connectivity index (χ0n) is 5.91. The minimum absolute atomic E-state index is 0. The van der Waals surface area contributed by atoms with Crippen molar-refractivity contribution in [1.29, 1.82) is 0 Å². The molecule has 4 heteroatoms. The maximum atomic E-state index is 5.49. The Kier molecular flexibility index (Phi) is 13.5. The Labute approximate surface area is 156 Å². The Morgan fingerprint density at radius 1 is 0.900 bits per heavy atom. The molecule has 1 aromatic rings. The number of hydrogen-bond donors (Lipinski definition) is 0. The Hall–Kier alpha value is 3.07. The second kappa shape index (κ2) is 8.66. The molecule has 0 amide bonds. The minimum Gasteiger partial charge on any atom is -0.299 e. The number of rotatable bonds is 0. The summed E-state index contributed by atoms with van der Waals surface area (Å²) in [5.41, 5.74) is 0. The third-order valence-electron chi connectivity index (χ3n) is 0.696. The molecule has 0 radical (unpaired) electrons. The van der Waals surface area contributed by atoms with Crippen molar-refractivity contribution in [3.8, 4) is 0 Å². The van der Waals surface area contributed by atoms with Gasteiger partial charge in [0.25, 0.3) is 0 Å². The van der Waals surface area contributed by atoms with E-state index in [1.54, 1.807) is 12.1 Å². The second-order valence-electron chi connectivity index (χ2n) is 1.25. The first-order chi connectivity index (χ1) is 3.80. The molecule has 0 nitrogen and oxygen atoms in total. The van der Waals surface area contributed by atoms with Crippen LogP contribution in [0.15, 0.2) is 12.1 Å². The monoisotopic (exact) mass is 222 g/mol. The van der Waals surface area contributed by atoms with Crippen molar-refractivity contribution in [3.05, 3.63) is 34.3 Å². The molecule has 0 fully saturated rings. The van der Waals surface area contributed by atoms with Crippen molar-refractivity contribution in [3.63, 3.8) is 0 Å². The average molecular weight is 223 g/mol. The van der Waals surface area contributed by atoms with Gasteiger partial charge in [-0.25, -0.2) is 0 Å². The predicted molar refractivity (Wildman–Crippen MR) is 34.1 cm³/mol. The van der Waals surface area contributed by atoms with Gasteiger partial charge >= 0.3 is 103 Å². The van der Waals surface area contributed by atoms with Gasteiger partial charge in [0.05, 0.1) is 0 Å². The summed E-state index contributed by atoms with van der Waals surface area (Å²) in [4.78, 5) is 0. The zero-order chi connectivity index (χ0) is 5.98. The summed E-state index contributed by atoms with van der Waals surface area (Å²) in [6, 6.07) is 8.73.